The van der Waals surface area contributed by atoms with E-state index in [0.717, 1.165) is 12.8 Å². The predicted molar refractivity (Wildman–Crippen MR) is 52.1 cm³/mol. The Morgan fingerprint density at radius 1 is 1.42 bits per heavy atom. The number of hydrogen-bond donors (Lipinski definition) is 1. The van der Waals surface area contributed by atoms with E-state index in [-0.39, 0.29) is 5.54 Å². The molecule has 62 valence electrons. The lowest BCUT2D eigenvalue weighted by Crippen LogP contribution is -2.43. The van der Waals surface area contributed by atoms with Gasteiger partial charge in [0, 0.05) is 17.9 Å². The van der Waals surface area contributed by atoms with Crippen molar-refractivity contribution in [1.82, 2.24) is 4.98 Å². The van der Waals surface area contributed by atoms with Crippen LogP contribution >= 0.6 is 0 Å². The van der Waals surface area contributed by atoms with Crippen LogP contribution in [0.15, 0.2) is 18.5 Å². The fourth-order valence-corrected chi connectivity index (χ4v) is 1.67. The van der Waals surface area contributed by atoms with Crippen LogP contribution in [-0.4, -0.2) is 12.8 Å². The molecule has 2 nitrogen and oxygen atoms in total. The second-order valence-corrected chi connectivity index (χ2v) is 3.76. The minimum absolute atomic E-state index is 0.0565. The zero-order chi connectivity index (χ0) is 8.60. The number of nitrogens with two attached hydrogens (primary N) is 1. The Kier molecular flexibility index (Phi) is 1.69. The summed E-state index contributed by atoms with van der Waals surface area (Å²) >= 11 is 0. The summed E-state index contributed by atoms with van der Waals surface area (Å²) in [6.07, 6.45) is 7.23. The zero-order valence-electron chi connectivity index (χ0n) is 7.38. The highest BCUT2D eigenvalue weighted by Crippen LogP contribution is 2.37. The van der Waals surface area contributed by atoms with Gasteiger partial charge in [0.25, 0.3) is 0 Å². The third-order valence-electron chi connectivity index (χ3n) is 2.70. The number of nitrogens with zero attached hydrogens (tertiary/aromatic N) is 1. The molecular formula is C9H13BN2. The summed E-state index contributed by atoms with van der Waals surface area (Å²) in [4.78, 5) is 4.15. The summed E-state index contributed by atoms with van der Waals surface area (Å²) in [6, 6.07) is 2.14. The minimum atomic E-state index is -0.0565. The number of rotatable bonds is 1. The van der Waals surface area contributed by atoms with Gasteiger partial charge in [-0.1, -0.05) is 11.5 Å². The first-order valence-electron chi connectivity index (χ1n) is 4.42. The molecule has 12 heavy (non-hydrogen) atoms. The van der Waals surface area contributed by atoms with Gasteiger partial charge in [-0.05, 0) is 24.8 Å². The van der Waals surface area contributed by atoms with Crippen molar-refractivity contribution in [3.8, 4) is 0 Å². The SMILES string of the molecule is Bc1cncc(C2(N)CCC2)c1. The molecule has 0 amide bonds. The highest BCUT2D eigenvalue weighted by atomic mass is 14.8. The molecule has 2 N–H and O–H groups in total. The Morgan fingerprint density at radius 3 is 2.67 bits per heavy atom. The van der Waals surface area contributed by atoms with E-state index in [1.54, 1.807) is 0 Å². The fourth-order valence-electron chi connectivity index (χ4n) is 1.67. The Morgan fingerprint density at radius 2 is 2.17 bits per heavy atom. The van der Waals surface area contributed by atoms with Crippen molar-refractivity contribution in [3.05, 3.63) is 24.0 Å². The molecule has 0 atom stereocenters. The van der Waals surface area contributed by atoms with E-state index in [2.05, 4.69) is 18.9 Å². The van der Waals surface area contributed by atoms with Crippen molar-refractivity contribution in [2.24, 2.45) is 5.73 Å². The van der Waals surface area contributed by atoms with Gasteiger partial charge in [0.05, 0.1) is 0 Å². The van der Waals surface area contributed by atoms with Gasteiger partial charge in [0.15, 0.2) is 0 Å². The lowest BCUT2D eigenvalue weighted by atomic mass is 9.72. The quantitative estimate of drug-likeness (QED) is 0.571. The monoisotopic (exact) mass is 160 g/mol. The molecule has 1 aromatic heterocycles. The fraction of sp³-hybridized carbons (Fsp3) is 0.444. The lowest BCUT2D eigenvalue weighted by molar-refractivity contribution is 0.253. The number of pyridine rings is 1. The molecule has 3 heteroatoms. The average molecular weight is 160 g/mol. The van der Waals surface area contributed by atoms with Crippen molar-refractivity contribution >= 4 is 13.3 Å². The van der Waals surface area contributed by atoms with Gasteiger partial charge in [-0.15, -0.1) is 0 Å². The molecule has 2 rings (SSSR count). The van der Waals surface area contributed by atoms with Crippen LogP contribution in [0.5, 0.6) is 0 Å². The second-order valence-electron chi connectivity index (χ2n) is 3.76. The van der Waals surface area contributed by atoms with Crippen molar-refractivity contribution < 1.29 is 0 Å². The molecule has 1 fully saturated rings. The first kappa shape index (κ1) is 7.81. The minimum Gasteiger partial charge on any atom is -0.321 e. The van der Waals surface area contributed by atoms with Crippen molar-refractivity contribution in [2.45, 2.75) is 24.8 Å². The second kappa shape index (κ2) is 2.59. The standard InChI is InChI=1S/C9H13BN2/c10-8-4-7(5-12-6-8)9(11)2-1-3-9/h4-6H,1-3,10-11H2. The molecule has 1 aliphatic carbocycles. The topological polar surface area (TPSA) is 38.9 Å². The van der Waals surface area contributed by atoms with Crippen LogP contribution in [-0.2, 0) is 5.54 Å². The Labute approximate surface area is 73.6 Å². The highest BCUT2D eigenvalue weighted by molar-refractivity contribution is 6.32. The lowest BCUT2D eigenvalue weighted by Gasteiger charge is -2.38. The Hall–Kier alpha value is -0.825. The van der Waals surface area contributed by atoms with Crippen LogP contribution in [0.25, 0.3) is 0 Å². The smallest absolute Gasteiger partial charge is 0.141 e. The predicted octanol–water partition coefficient (Wildman–Crippen LogP) is -0.322. The highest BCUT2D eigenvalue weighted by Gasteiger charge is 2.34. The van der Waals surface area contributed by atoms with Gasteiger partial charge in [0.1, 0.15) is 7.85 Å². The van der Waals surface area contributed by atoms with Crippen LogP contribution in [0.3, 0.4) is 0 Å². The summed E-state index contributed by atoms with van der Waals surface area (Å²) in [7, 11) is 2.05. The third-order valence-corrected chi connectivity index (χ3v) is 2.70. The van der Waals surface area contributed by atoms with E-state index in [1.807, 2.05) is 12.4 Å². The molecule has 1 aliphatic rings. The van der Waals surface area contributed by atoms with Gasteiger partial charge in [-0.3, -0.25) is 4.98 Å². The molecule has 0 radical (unpaired) electrons. The summed E-state index contributed by atoms with van der Waals surface area (Å²) in [5.41, 5.74) is 8.50. The van der Waals surface area contributed by atoms with Crippen molar-refractivity contribution in [1.29, 1.82) is 0 Å². The van der Waals surface area contributed by atoms with Gasteiger partial charge >= 0.3 is 0 Å². The molecule has 0 bridgehead atoms. The third kappa shape index (κ3) is 1.14. The van der Waals surface area contributed by atoms with Gasteiger partial charge in [0.2, 0.25) is 0 Å². The molecule has 0 spiro atoms. The maximum atomic E-state index is 6.15. The van der Waals surface area contributed by atoms with Crippen LogP contribution in [0, 0.1) is 0 Å². The molecule has 0 unspecified atom stereocenters. The molecule has 0 saturated heterocycles. The Balaban J connectivity index is 2.33. The van der Waals surface area contributed by atoms with Crippen LogP contribution in [0.4, 0.5) is 0 Å². The van der Waals surface area contributed by atoms with Crippen molar-refractivity contribution in [3.63, 3.8) is 0 Å². The molecule has 0 aromatic carbocycles. The summed E-state index contributed by atoms with van der Waals surface area (Å²) in [6.45, 7) is 0. The maximum Gasteiger partial charge on any atom is 0.141 e. The van der Waals surface area contributed by atoms with Crippen LogP contribution in [0.1, 0.15) is 24.8 Å². The average Bonchev–Trinajstić information content (AvgIpc) is 2.00. The van der Waals surface area contributed by atoms with E-state index in [9.17, 15) is 0 Å². The van der Waals surface area contributed by atoms with Crippen LogP contribution < -0.4 is 11.2 Å². The largest absolute Gasteiger partial charge is 0.321 e. The molecule has 1 heterocycles. The molecule has 0 aliphatic heterocycles. The maximum absolute atomic E-state index is 6.15. The zero-order valence-corrected chi connectivity index (χ0v) is 7.38. The van der Waals surface area contributed by atoms with E-state index < -0.39 is 0 Å². The summed E-state index contributed by atoms with van der Waals surface area (Å²) < 4.78 is 0. The van der Waals surface area contributed by atoms with E-state index in [1.165, 1.54) is 17.4 Å². The van der Waals surface area contributed by atoms with E-state index in [4.69, 9.17) is 5.73 Å². The van der Waals surface area contributed by atoms with Gasteiger partial charge in [-0.25, -0.2) is 0 Å². The van der Waals surface area contributed by atoms with Gasteiger partial charge < -0.3 is 5.73 Å². The Bertz CT molecular complexity index is 294. The first-order chi connectivity index (χ1) is 5.71. The van der Waals surface area contributed by atoms with E-state index >= 15 is 0 Å². The van der Waals surface area contributed by atoms with Gasteiger partial charge in [-0.2, -0.15) is 0 Å². The molecular weight excluding hydrogens is 147 g/mol. The number of aromatic nitrogens is 1. The number of hydrogen-bond acceptors (Lipinski definition) is 2. The van der Waals surface area contributed by atoms with E-state index in [0.29, 0.717) is 0 Å². The molecule has 1 aromatic rings. The first-order valence-corrected chi connectivity index (χ1v) is 4.42. The van der Waals surface area contributed by atoms with Crippen molar-refractivity contribution in [2.75, 3.05) is 0 Å². The normalized spacial score (nSPS) is 20.1. The molecule has 1 saturated carbocycles. The van der Waals surface area contributed by atoms with Crippen LogP contribution in [0.2, 0.25) is 0 Å². The summed E-state index contributed by atoms with van der Waals surface area (Å²) in [5.74, 6) is 0. The summed E-state index contributed by atoms with van der Waals surface area (Å²) in [5, 5.41) is 0.